The minimum atomic E-state index is -3.40. The van der Waals surface area contributed by atoms with E-state index in [1.165, 1.54) is 19.0 Å². The number of aryl methyl sites for hydroxylation is 1. The Morgan fingerprint density at radius 3 is 2.86 bits per heavy atom. The summed E-state index contributed by atoms with van der Waals surface area (Å²) in [6.45, 7) is 5.17. The summed E-state index contributed by atoms with van der Waals surface area (Å²) in [5.74, 6) is 0.842. The quantitative estimate of drug-likeness (QED) is 0.605. The van der Waals surface area contributed by atoms with Crippen molar-refractivity contribution in [2.75, 3.05) is 19.6 Å². The molecule has 1 aromatic heterocycles. The van der Waals surface area contributed by atoms with E-state index in [-0.39, 0.29) is 4.90 Å². The Morgan fingerprint density at radius 2 is 2.14 bits per heavy atom. The number of hydrogen-bond acceptors (Lipinski definition) is 4. The summed E-state index contributed by atoms with van der Waals surface area (Å²) >= 11 is 0. The molecule has 0 aromatic carbocycles. The van der Waals surface area contributed by atoms with Crippen LogP contribution in [0.5, 0.6) is 0 Å². The normalized spacial score (nSPS) is 15.5. The van der Waals surface area contributed by atoms with Crippen molar-refractivity contribution in [3.8, 4) is 0 Å². The van der Waals surface area contributed by atoms with Gasteiger partial charge in [-0.05, 0) is 38.3 Å². The lowest BCUT2D eigenvalue weighted by atomic mass is 10.2. The van der Waals surface area contributed by atoms with Gasteiger partial charge in [-0.2, -0.15) is 5.10 Å². The number of nitrogens with zero attached hydrogens (tertiary/aromatic N) is 2. The van der Waals surface area contributed by atoms with Gasteiger partial charge < -0.3 is 5.32 Å². The van der Waals surface area contributed by atoms with Crippen LogP contribution >= 0.6 is 0 Å². The van der Waals surface area contributed by atoms with E-state index in [0.717, 1.165) is 44.8 Å². The van der Waals surface area contributed by atoms with E-state index in [2.05, 4.69) is 22.1 Å². The fourth-order valence-electron chi connectivity index (χ4n) is 2.24. The van der Waals surface area contributed by atoms with Crippen LogP contribution in [0.15, 0.2) is 17.3 Å². The highest BCUT2D eigenvalue weighted by Gasteiger charge is 2.21. The Balaban J connectivity index is 1.74. The van der Waals surface area contributed by atoms with Gasteiger partial charge in [-0.25, -0.2) is 13.1 Å². The third-order valence-corrected chi connectivity index (χ3v) is 5.10. The van der Waals surface area contributed by atoms with Gasteiger partial charge in [0.05, 0.1) is 6.20 Å². The predicted molar refractivity (Wildman–Crippen MR) is 82.5 cm³/mol. The maximum absolute atomic E-state index is 12.1. The van der Waals surface area contributed by atoms with Crippen molar-refractivity contribution in [2.45, 2.75) is 50.5 Å². The van der Waals surface area contributed by atoms with Gasteiger partial charge in [0.2, 0.25) is 10.0 Å². The van der Waals surface area contributed by atoms with Crippen molar-refractivity contribution < 1.29 is 8.42 Å². The van der Waals surface area contributed by atoms with Crippen molar-refractivity contribution in [1.29, 1.82) is 0 Å². The maximum Gasteiger partial charge on any atom is 0.243 e. The summed E-state index contributed by atoms with van der Waals surface area (Å²) in [7, 11) is -3.40. The van der Waals surface area contributed by atoms with Crippen LogP contribution < -0.4 is 10.0 Å². The third-order valence-electron chi connectivity index (χ3n) is 3.69. The van der Waals surface area contributed by atoms with Crippen molar-refractivity contribution in [2.24, 2.45) is 5.92 Å². The number of hydrogen-bond donors (Lipinski definition) is 2. The standard InChI is InChI=1S/C14H26N4O2S/c1-2-15-8-4-10-18-12-14(11-16-18)21(19,20)17-9-3-5-13-6-7-13/h11-13,15,17H,2-10H2,1H3. The molecule has 1 aromatic rings. The monoisotopic (exact) mass is 314 g/mol. The first-order valence-electron chi connectivity index (χ1n) is 7.84. The molecule has 1 saturated carbocycles. The first kappa shape index (κ1) is 16.5. The van der Waals surface area contributed by atoms with Crippen LogP contribution in [0.3, 0.4) is 0 Å². The molecule has 0 radical (unpaired) electrons. The van der Waals surface area contributed by atoms with Gasteiger partial charge in [-0.1, -0.05) is 19.8 Å². The molecule has 2 N–H and O–H groups in total. The van der Waals surface area contributed by atoms with E-state index in [1.807, 2.05) is 0 Å². The fourth-order valence-corrected chi connectivity index (χ4v) is 3.26. The van der Waals surface area contributed by atoms with Crippen LogP contribution in [0.1, 0.15) is 39.0 Å². The average Bonchev–Trinajstić information content (AvgIpc) is 3.15. The van der Waals surface area contributed by atoms with Crippen LogP contribution in [0.25, 0.3) is 0 Å². The minimum Gasteiger partial charge on any atom is -0.317 e. The van der Waals surface area contributed by atoms with Crippen molar-refractivity contribution in [3.63, 3.8) is 0 Å². The summed E-state index contributed by atoms with van der Waals surface area (Å²) in [6.07, 6.45) is 8.64. The van der Waals surface area contributed by atoms with E-state index in [0.29, 0.717) is 6.54 Å². The van der Waals surface area contributed by atoms with Gasteiger partial charge in [0.15, 0.2) is 0 Å². The molecule has 7 heteroatoms. The van der Waals surface area contributed by atoms with E-state index in [4.69, 9.17) is 0 Å². The summed E-state index contributed by atoms with van der Waals surface area (Å²) in [5.41, 5.74) is 0. The summed E-state index contributed by atoms with van der Waals surface area (Å²) in [4.78, 5) is 0.261. The zero-order chi connectivity index (χ0) is 15.1. The van der Waals surface area contributed by atoms with E-state index < -0.39 is 10.0 Å². The van der Waals surface area contributed by atoms with Gasteiger partial charge in [-0.15, -0.1) is 0 Å². The van der Waals surface area contributed by atoms with Gasteiger partial charge in [0.25, 0.3) is 0 Å². The first-order valence-corrected chi connectivity index (χ1v) is 9.33. The second-order valence-corrected chi connectivity index (χ2v) is 7.40. The molecule has 0 atom stereocenters. The van der Waals surface area contributed by atoms with Crippen LogP contribution in [0.2, 0.25) is 0 Å². The fraction of sp³-hybridized carbons (Fsp3) is 0.786. The molecule has 6 nitrogen and oxygen atoms in total. The molecule has 0 saturated heterocycles. The Labute approximate surface area is 127 Å². The molecule has 0 aliphatic heterocycles. The molecule has 21 heavy (non-hydrogen) atoms. The SMILES string of the molecule is CCNCCCn1cc(S(=O)(=O)NCCCC2CC2)cn1. The predicted octanol–water partition coefficient (Wildman–Crippen LogP) is 1.35. The van der Waals surface area contributed by atoms with Crippen LogP contribution in [0.4, 0.5) is 0 Å². The largest absolute Gasteiger partial charge is 0.317 e. The van der Waals surface area contributed by atoms with E-state index >= 15 is 0 Å². The molecule has 0 unspecified atom stereocenters. The molecule has 1 aliphatic carbocycles. The second-order valence-electron chi connectivity index (χ2n) is 5.63. The van der Waals surface area contributed by atoms with Crippen molar-refractivity contribution >= 4 is 10.0 Å². The lowest BCUT2D eigenvalue weighted by Gasteiger charge is -2.04. The number of rotatable bonds is 11. The molecular formula is C14H26N4O2S. The minimum absolute atomic E-state index is 0.261. The third kappa shape index (κ3) is 5.76. The van der Waals surface area contributed by atoms with Gasteiger partial charge in [0, 0.05) is 19.3 Å². The lowest BCUT2D eigenvalue weighted by molar-refractivity contribution is 0.548. The molecule has 0 bridgehead atoms. The molecule has 1 aliphatic rings. The van der Waals surface area contributed by atoms with Crippen LogP contribution in [-0.4, -0.2) is 37.8 Å². The van der Waals surface area contributed by atoms with Crippen molar-refractivity contribution in [3.05, 3.63) is 12.4 Å². The van der Waals surface area contributed by atoms with Gasteiger partial charge in [0.1, 0.15) is 4.90 Å². The second kappa shape index (κ2) is 7.91. The zero-order valence-corrected chi connectivity index (χ0v) is 13.5. The van der Waals surface area contributed by atoms with Crippen molar-refractivity contribution in [1.82, 2.24) is 19.8 Å². The average molecular weight is 314 g/mol. The topological polar surface area (TPSA) is 76.0 Å². The number of sulfonamides is 1. The van der Waals surface area contributed by atoms with E-state index in [1.54, 1.807) is 10.9 Å². The van der Waals surface area contributed by atoms with E-state index in [9.17, 15) is 8.42 Å². The number of aromatic nitrogens is 2. The Kier molecular flexibility index (Phi) is 6.20. The highest BCUT2D eigenvalue weighted by molar-refractivity contribution is 7.89. The zero-order valence-electron chi connectivity index (χ0n) is 12.7. The summed E-state index contributed by atoms with van der Waals surface area (Å²) in [5, 5.41) is 7.35. The molecule has 0 amide bonds. The highest BCUT2D eigenvalue weighted by Crippen LogP contribution is 2.33. The molecule has 0 spiro atoms. The smallest absolute Gasteiger partial charge is 0.243 e. The Morgan fingerprint density at radius 1 is 1.33 bits per heavy atom. The molecule has 1 fully saturated rings. The summed E-state index contributed by atoms with van der Waals surface area (Å²) < 4.78 is 28.6. The van der Waals surface area contributed by atoms with Gasteiger partial charge >= 0.3 is 0 Å². The Hall–Kier alpha value is -0.920. The Bertz CT molecular complexity index is 523. The molecular weight excluding hydrogens is 288 g/mol. The highest BCUT2D eigenvalue weighted by atomic mass is 32.2. The van der Waals surface area contributed by atoms with Crippen LogP contribution in [-0.2, 0) is 16.6 Å². The lowest BCUT2D eigenvalue weighted by Crippen LogP contribution is -2.24. The first-order chi connectivity index (χ1) is 10.1. The van der Waals surface area contributed by atoms with Gasteiger partial charge in [-0.3, -0.25) is 4.68 Å². The number of nitrogens with one attached hydrogen (secondary N) is 2. The molecule has 2 rings (SSSR count). The molecule has 120 valence electrons. The molecule has 1 heterocycles. The summed E-state index contributed by atoms with van der Waals surface area (Å²) in [6, 6.07) is 0. The van der Waals surface area contributed by atoms with Crippen LogP contribution in [0, 0.1) is 5.92 Å². The maximum atomic E-state index is 12.1.